The average Bonchev–Trinajstić information content (AvgIpc) is 2.90. The second kappa shape index (κ2) is 5.85. The second-order valence-corrected chi connectivity index (χ2v) is 4.91. The van der Waals surface area contributed by atoms with E-state index < -0.39 is 16.4 Å². The lowest BCUT2D eigenvalue weighted by Gasteiger charge is -2.11. The first kappa shape index (κ1) is 13.6. The molecule has 1 atom stereocenters. The molecule has 2 rings (SSSR count). The molecular weight excluding hydrogens is 269 g/mol. The van der Waals surface area contributed by atoms with Crippen LogP contribution in [0, 0.1) is 15.9 Å². The highest BCUT2D eigenvalue weighted by atomic mass is 32.1. The third-order valence-electron chi connectivity index (χ3n) is 2.68. The van der Waals surface area contributed by atoms with Gasteiger partial charge in [0.1, 0.15) is 5.01 Å². The maximum absolute atomic E-state index is 13.8. The van der Waals surface area contributed by atoms with Crippen LogP contribution >= 0.6 is 11.3 Å². The molecule has 1 N–H and O–H groups in total. The molecule has 2 aromatic rings. The van der Waals surface area contributed by atoms with Crippen molar-refractivity contribution in [3.05, 3.63) is 56.3 Å². The summed E-state index contributed by atoms with van der Waals surface area (Å²) in [7, 11) is 0. The Bertz CT molecular complexity index is 574. The highest BCUT2D eigenvalue weighted by Gasteiger charge is 2.17. The molecule has 0 bridgehead atoms. The molecule has 100 valence electrons. The van der Waals surface area contributed by atoms with Gasteiger partial charge >= 0.3 is 5.69 Å². The molecule has 0 spiro atoms. The quantitative estimate of drug-likeness (QED) is 0.675. The molecule has 1 aromatic carbocycles. The molecule has 1 unspecified atom stereocenters. The number of thiazole rings is 1. The molecule has 1 aromatic heterocycles. The number of nitrogens with one attached hydrogen (secondary N) is 1. The number of hydrogen-bond acceptors (Lipinski definition) is 5. The number of nitro benzene ring substituents is 1. The lowest BCUT2D eigenvalue weighted by atomic mass is 10.1. The van der Waals surface area contributed by atoms with Gasteiger partial charge in [0.25, 0.3) is 0 Å². The number of halogens is 1. The molecule has 0 radical (unpaired) electrons. The van der Waals surface area contributed by atoms with Gasteiger partial charge in [-0.25, -0.2) is 4.98 Å². The Kier molecular flexibility index (Phi) is 4.18. The van der Waals surface area contributed by atoms with Gasteiger partial charge in [-0.15, -0.1) is 11.3 Å². The lowest BCUT2D eigenvalue weighted by molar-refractivity contribution is -0.387. The summed E-state index contributed by atoms with van der Waals surface area (Å²) in [5.74, 6) is -0.786. The SMILES string of the molecule is CC(NCc1cccc([N+](=O)[O-])c1F)c1nccs1. The fourth-order valence-electron chi connectivity index (χ4n) is 1.64. The molecule has 7 heteroatoms. The van der Waals surface area contributed by atoms with Crippen LogP contribution in [0.2, 0.25) is 0 Å². The van der Waals surface area contributed by atoms with E-state index in [0.717, 1.165) is 11.1 Å². The van der Waals surface area contributed by atoms with Crippen LogP contribution in [0.3, 0.4) is 0 Å². The van der Waals surface area contributed by atoms with Crippen molar-refractivity contribution in [3.63, 3.8) is 0 Å². The van der Waals surface area contributed by atoms with Crippen molar-refractivity contribution in [2.75, 3.05) is 0 Å². The largest absolute Gasteiger partial charge is 0.305 e. The Balaban J connectivity index is 2.08. The van der Waals surface area contributed by atoms with Gasteiger partial charge in [0, 0.05) is 29.8 Å². The zero-order chi connectivity index (χ0) is 13.8. The van der Waals surface area contributed by atoms with Gasteiger partial charge in [-0.1, -0.05) is 12.1 Å². The highest BCUT2D eigenvalue weighted by molar-refractivity contribution is 7.09. The Hall–Kier alpha value is -1.86. The van der Waals surface area contributed by atoms with Gasteiger partial charge in [-0.2, -0.15) is 4.39 Å². The number of benzene rings is 1. The molecule has 0 aliphatic rings. The minimum absolute atomic E-state index is 0.0290. The van der Waals surface area contributed by atoms with E-state index in [1.807, 2.05) is 12.3 Å². The summed E-state index contributed by atoms with van der Waals surface area (Å²) in [6, 6.07) is 4.14. The van der Waals surface area contributed by atoms with Gasteiger partial charge in [0.05, 0.1) is 11.0 Å². The van der Waals surface area contributed by atoms with Crippen molar-refractivity contribution >= 4 is 17.0 Å². The minimum atomic E-state index is -0.786. The fourth-order valence-corrected chi connectivity index (χ4v) is 2.31. The summed E-state index contributed by atoms with van der Waals surface area (Å²) in [5, 5.41) is 16.5. The zero-order valence-electron chi connectivity index (χ0n) is 10.2. The number of aromatic nitrogens is 1. The van der Waals surface area contributed by atoms with Crippen LogP contribution in [0.4, 0.5) is 10.1 Å². The van der Waals surface area contributed by atoms with Crippen LogP contribution in [0.5, 0.6) is 0 Å². The number of nitrogens with zero attached hydrogens (tertiary/aromatic N) is 2. The Morgan fingerprint density at radius 3 is 3.00 bits per heavy atom. The van der Waals surface area contributed by atoms with Crippen LogP contribution in [0.1, 0.15) is 23.5 Å². The molecule has 0 aliphatic heterocycles. The van der Waals surface area contributed by atoms with Crippen LogP contribution in [-0.4, -0.2) is 9.91 Å². The predicted molar refractivity (Wildman–Crippen MR) is 70.4 cm³/mol. The molecule has 0 amide bonds. The maximum Gasteiger partial charge on any atom is 0.305 e. The molecule has 1 heterocycles. The van der Waals surface area contributed by atoms with Crippen LogP contribution in [0.25, 0.3) is 0 Å². The topological polar surface area (TPSA) is 68.1 Å². The zero-order valence-corrected chi connectivity index (χ0v) is 11.0. The molecular formula is C12H12FN3O2S. The Morgan fingerprint density at radius 2 is 2.37 bits per heavy atom. The van der Waals surface area contributed by atoms with Crippen molar-refractivity contribution in [2.45, 2.75) is 19.5 Å². The van der Waals surface area contributed by atoms with Crippen LogP contribution in [-0.2, 0) is 6.54 Å². The van der Waals surface area contributed by atoms with Gasteiger partial charge < -0.3 is 5.32 Å². The number of rotatable bonds is 5. The van der Waals surface area contributed by atoms with Gasteiger partial charge in [0.2, 0.25) is 5.82 Å². The third kappa shape index (κ3) is 3.12. The van der Waals surface area contributed by atoms with Crippen molar-refractivity contribution < 1.29 is 9.31 Å². The smallest absolute Gasteiger partial charge is 0.304 e. The lowest BCUT2D eigenvalue weighted by Crippen LogP contribution is -2.18. The maximum atomic E-state index is 13.8. The second-order valence-electron chi connectivity index (χ2n) is 3.98. The molecule has 0 fully saturated rings. The summed E-state index contributed by atoms with van der Waals surface area (Å²) in [6.07, 6.45) is 1.70. The van der Waals surface area contributed by atoms with E-state index >= 15 is 0 Å². The van der Waals surface area contributed by atoms with Crippen LogP contribution in [0.15, 0.2) is 29.8 Å². The first-order valence-corrected chi connectivity index (χ1v) is 6.52. The number of nitro groups is 1. The first-order chi connectivity index (χ1) is 9.09. The molecule has 0 saturated heterocycles. The van der Waals surface area contributed by atoms with Gasteiger partial charge in [-0.3, -0.25) is 10.1 Å². The normalized spacial score (nSPS) is 12.3. The Labute approximate surface area is 113 Å². The highest BCUT2D eigenvalue weighted by Crippen LogP contribution is 2.21. The average molecular weight is 281 g/mol. The summed E-state index contributed by atoms with van der Waals surface area (Å²) in [4.78, 5) is 14.1. The van der Waals surface area contributed by atoms with Crippen molar-refractivity contribution in [1.29, 1.82) is 0 Å². The van der Waals surface area contributed by atoms with E-state index in [2.05, 4.69) is 10.3 Å². The van der Waals surface area contributed by atoms with Gasteiger partial charge in [-0.05, 0) is 6.92 Å². The van der Waals surface area contributed by atoms with E-state index in [0.29, 0.717) is 0 Å². The van der Waals surface area contributed by atoms with Crippen molar-refractivity contribution in [1.82, 2.24) is 10.3 Å². The van der Waals surface area contributed by atoms with E-state index in [1.165, 1.54) is 23.5 Å². The minimum Gasteiger partial charge on any atom is -0.304 e. The van der Waals surface area contributed by atoms with Crippen molar-refractivity contribution in [2.24, 2.45) is 0 Å². The Morgan fingerprint density at radius 1 is 1.58 bits per heavy atom. The first-order valence-electron chi connectivity index (χ1n) is 5.64. The van der Waals surface area contributed by atoms with Gasteiger partial charge in [0.15, 0.2) is 0 Å². The summed E-state index contributed by atoms with van der Waals surface area (Å²) >= 11 is 1.50. The summed E-state index contributed by atoms with van der Waals surface area (Å²) in [6.45, 7) is 2.13. The molecule has 5 nitrogen and oxygen atoms in total. The fraction of sp³-hybridized carbons (Fsp3) is 0.250. The van der Waals surface area contributed by atoms with E-state index in [-0.39, 0.29) is 18.2 Å². The molecule has 0 saturated carbocycles. The monoisotopic (exact) mass is 281 g/mol. The molecule has 0 aliphatic carbocycles. The third-order valence-corrected chi connectivity index (χ3v) is 3.63. The van der Waals surface area contributed by atoms with E-state index in [1.54, 1.807) is 6.20 Å². The van der Waals surface area contributed by atoms with E-state index in [4.69, 9.17) is 0 Å². The number of hydrogen-bond donors (Lipinski definition) is 1. The summed E-state index contributed by atoms with van der Waals surface area (Å²) < 4.78 is 13.8. The predicted octanol–water partition coefficient (Wildman–Crippen LogP) is 3.04. The van der Waals surface area contributed by atoms with Crippen molar-refractivity contribution in [3.8, 4) is 0 Å². The van der Waals surface area contributed by atoms with E-state index in [9.17, 15) is 14.5 Å². The summed E-state index contributed by atoms with van der Waals surface area (Å²) in [5.41, 5.74) is -0.223. The van der Waals surface area contributed by atoms with Crippen LogP contribution < -0.4 is 5.32 Å². The molecule has 19 heavy (non-hydrogen) atoms. The standard InChI is InChI=1S/C12H12FN3O2S/c1-8(12-14-5-6-19-12)15-7-9-3-2-4-10(11(9)13)16(17)18/h2-6,8,15H,7H2,1H3.